The van der Waals surface area contributed by atoms with Crippen molar-refractivity contribution < 1.29 is 28.7 Å². The van der Waals surface area contributed by atoms with Crippen LogP contribution >= 0.6 is 10.2 Å². The zero-order valence-electron chi connectivity index (χ0n) is 18.7. The number of rotatable bonds is 6. The summed E-state index contributed by atoms with van der Waals surface area (Å²) in [4.78, 5) is 12.6. The Balaban J connectivity index is 1.32. The predicted molar refractivity (Wildman–Crippen MR) is 124 cm³/mol. The molecule has 1 aliphatic carbocycles. The summed E-state index contributed by atoms with van der Waals surface area (Å²) < 4.78 is 77.3. The maximum Gasteiger partial charge on any atom is 0.313 e. The van der Waals surface area contributed by atoms with Gasteiger partial charge in [-0.25, -0.2) is 15.0 Å². The van der Waals surface area contributed by atoms with Gasteiger partial charge in [0, 0.05) is 37.2 Å². The SMILES string of the molecule is O=[S@@]1CCc2nc(N3CCC(c4ncc(S(F)(F)(F)(F)F)cn4)CC3)cc(NC3(CO)CCC3)c21. The van der Waals surface area contributed by atoms with Gasteiger partial charge in [0.15, 0.2) is 0 Å². The standard InChI is InChI=1S/C21H26F5N5O2S2/c22-35(23,24,25,26)15-11-27-20(28-12-15)14-2-7-31(8-3-14)18-10-17(30-21(13-32)5-1-6-21)19-16(29-18)4-9-34(19)33/h10-12,14,32H,1-9,13H2,(H,29,30)/t34-/m1/s1. The number of nitrogens with zero attached hydrogens (tertiary/aromatic N) is 4. The highest BCUT2D eigenvalue weighted by Crippen LogP contribution is 3.01. The van der Waals surface area contributed by atoms with Crippen LogP contribution in [0.2, 0.25) is 0 Å². The molecule has 2 aliphatic heterocycles. The molecule has 4 heterocycles. The molecule has 0 spiro atoms. The topological polar surface area (TPSA) is 91.2 Å². The van der Waals surface area contributed by atoms with E-state index in [1.165, 1.54) is 0 Å². The molecule has 1 saturated heterocycles. The van der Waals surface area contributed by atoms with E-state index >= 15 is 0 Å². The summed E-state index contributed by atoms with van der Waals surface area (Å²) in [7, 11) is -10.9. The Morgan fingerprint density at radius 2 is 1.80 bits per heavy atom. The summed E-state index contributed by atoms with van der Waals surface area (Å²) in [5.74, 6) is 1.06. The van der Waals surface area contributed by atoms with E-state index in [0.717, 1.165) is 30.6 Å². The van der Waals surface area contributed by atoms with Crippen LogP contribution in [0.5, 0.6) is 0 Å². The average molecular weight is 540 g/mol. The predicted octanol–water partition coefficient (Wildman–Crippen LogP) is 4.90. The molecular formula is C21H26F5N5O2S2. The highest BCUT2D eigenvalue weighted by atomic mass is 32.5. The largest absolute Gasteiger partial charge is 0.394 e. The first kappa shape index (κ1) is 24.6. The molecule has 35 heavy (non-hydrogen) atoms. The fourth-order valence-electron chi connectivity index (χ4n) is 4.86. The number of hydrogen-bond donors (Lipinski definition) is 2. The Kier molecular flexibility index (Phi) is 5.43. The summed E-state index contributed by atoms with van der Waals surface area (Å²) in [6.07, 6.45) is 4.65. The minimum Gasteiger partial charge on any atom is -0.394 e. The van der Waals surface area contributed by atoms with Crippen LogP contribution < -0.4 is 10.2 Å². The third-order valence-corrected chi connectivity index (χ3v) is 9.66. The van der Waals surface area contributed by atoms with Crippen LogP contribution in [-0.4, -0.2) is 55.3 Å². The van der Waals surface area contributed by atoms with Gasteiger partial charge in [-0.05, 0) is 32.1 Å². The van der Waals surface area contributed by atoms with Gasteiger partial charge in [-0.3, -0.25) is 4.21 Å². The molecule has 194 valence electrons. The van der Waals surface area contributed by atoms with Crippen molar-refractivity contribution in [3.05, 3.63) is 30.0 Å². The van der Waals surface area contributed by atoms with Crippen molar-refractivity contribution in [3.8, 4) is 0 Å². The van der Waals surface area contributed by atoms with E-state index in [1.807, 2.05) is 11.0 Å². The first-order valence-corrected chi connectivity index (χ1v) is 14.7. The van der Waals surface area contributed by atoms with Crippen molar-refractivity contribution in [2.45, 2.75) is 59.8 Å². The smallest absolute Gasteiger partial charge is 0.313 e. The second kappa shape index (κ2) is 7.72. The van der Waals surface area contributed by atoms with Crippen LogP contribution in [0.3, 0.4) is 0 Å². The Morgan fingerprint density at radius 3 is 2.34 bits per heavy atom. The molecule has 1 atom stereocenters. The van der Waals surface area contributed by atoms with Gasteiger partial charge in [0.25, 0.3) is 0 Å². The van der Waals surface area contributed by atoms with Crippen molar-refractivity contribution in [3.63, 3.8) is 0 Å². The maximum absolute atomic E-state index is 12.9. The number of aromatic nitrogens is 3. The number of aliphatic hydroxyl groups excluding tert-OH is 1. The molecule has 0 bridgehead atoms. The minimum absolute atomic E-state index is 0.0156. The van der Waals surface area contributed by atoms with E-state index in [9.17, 15) is 28.7 Å². The van der Waals surface area contributed by atoms with Crippen LogP contribution in [0.4, 0.5) is 30.9 Å². The minimum atomic E-state index is -9.79. The monoisotopic (exact) mass is 539 g/mol. The first-order valence-electron chi connectivity index (χ1n) is 11.4. The van der Waals surface area contributed by atoms with Gasteiger partial charge in [0.1, 0.15) is 16.5 Å². The molecule has 0 amide bonds. The van der Waals surface area contributed by atoms with Crippen molar-refractivity contribution in [1.29, 1.82) is 0 Å². The molecule has 1 saturated carbocycles. The molecule has 0 aromatic carbocycles. The van der Waals surface area contributed by atoms with E-state index in [2.05, 4.69) is 15.3 Å². The van der Waals surface area contributed by atoms with E-state index in [-0.39, 0.29) is 30.7 Å². The number of halogens is 5. The quantitative estimate of drug-likeness (QED) is 0.505. The maximum atomic E-state index is 12.9. The van der Waals surface area contributed by atoms with Gasteiger partial charge in [-0.2, -0.15) is 0 Å². The molecular weight excluding hydrogens is 513 g/mol. The molecule has 0 unspecified atom stereocenters. The van der Waals surface area contributed by atoms with Crippen molar-refractivity contribution in [2.24, 2.45) is 0 Å². The van der Waals surface area contributed by atoms with E-state index in [0.29, 0.717) is 48.8 Å². The zero-order chi connectivity index (χ0) is 25.1. The van der Waals surface area contributed by atoms with E-state index < -0.39 is 31.5 Å². The highest BCUT2D eigenvalue weighted by Gasteiger charge is 2.66. The molecule has 3 aliphatic rings. The summed E-state index contributed by atoms with van der Waals surface area (Å²) in [5, 5.41) is 13.3. The van der Waals surface area contributed by atoms with Crippen LogP contribution in [0, 0.1) is 0 Å². The van der Waals surface area contributed by atoms with E-state index in [1.54, 1.807) is 0 Å². The summed E-state index contributed by atoms with van der Waals surface area (Å²) >= 11 is 0. The fraction of sp³-hybridized carbons (Fsp3) is 0.571. The second-order valence-electron chi connectivity index (χ2n) is 9.53. The summed E-state index contributed by atoms with van der Waals surface area (Å²) in [6, 6.07) is 1.86. The van der Waals surface area contributed by atoms with Crippen molar-refractivity contribution in [2.75, 3.05) is 35.7 Å². The van der Waals surface area contributed by atoms with Crippen LogP contribution in [0.25, 0.3) is 0 Å². The number of hydrogen-bond acceptors (Lipinski definition) is 7. The lowest BCUT2D eigenvalue weighted by molar-refractivity contribution is 0.144. The number of aryl methyl sites for hydroxylation is 1. The normalized spacial score (nSPS) is 24.3. The fourth-order valence-corrected chi connectivity index (χ4v) is 6.71. The summed E-state index contributed by atoms with van der Waals surface area (Å²) in [6.45, 7) is 1.03. The van der Waals surface area contributed by atoms with Crippen LogP contribution in [0.1, 0.15) is 49.5 Å². The van der Waals surface area contributed by atoms with Crippen LogP contribution in [-0.2, 0) is 17.2 Å². The Morgan fingerprint density at radius 1 is 1.14 bits per heavy atom. The lowest BCUT2D eigenvalue weighted by Gasteiger charge is -2.42. The highest BCUT2D eigenvalue weighted by molar-refractivity contribution is 8.45. The number of aliphatic hydroxyl groups is 1. The van der Waals surface area contributed by atoms with Gasteiger partial charge in [-0.15, -0.1) is 0 Å². The van der Waals surface area contributed by atoms with Crippen LogP contribution in [0.15, 0.2) is 28.3 Å². The van der Waals surface area contributed by atoms with Gasteiger partial charge < -0.3 is 15.3 Å². The number of piperidine rings is 1. The van der Waals surface area contributed by atoms with Gasteiger partial charge in [0.2, 0.25) is 0 Å². The molecule has 7 nitrogen and oxygen atoms in total. The van der Waals surface area contributed by atoms with Crippen molar-refractivity contribution >= 4 is 32.5 Å². The average Bonchev–Trinajstić information content (AvgIpc) is 3.16. The molecule has 2 N–H and O–H groups in total. The lowest BCUT2D eigenvalue weighted by atomic mass is 9.77. The second-order valence-corrected chi connectivity index (χ2v) is 13.4. The Bertz CT molecular complexity index is 1160. The molecule has 2 fully saturated rings. The lowest BCUT2D eigenvalue weighted by Crippen LogP contribution is -2.48. The number of pyridine rings is 1. The van der Waals surface area contributed by atoms with Gasteiger partial charge in [-0.1, -0.05) is 19.4 Å². The third kappa shape index (κ3) is 4.84. The molecule has 5 rings (SSSR count). The van der Waals surface area contributed by atoms with Gasteiger partial charge >= 0.3 is 10.2 Å². The molecule has 2 aromatic rings. The third-order valence-electron chi connectivity index (χ3n) is 7.07. The Labute approximate surface area is 201 Å². The van der Waals surface area contributed by atoms with Gasteiger partial charge in [0.05, 0.1) is 51.6 Å². The first-order chi connectivity index (χ1) is 16.3. The number of anilines is 2. The van der Waals surface area contributed by atoms with E-state index in [4.69, 9.17) is 4.98 Å². The number of fused-ring (bicyclic) bond motifs is 1. The zero-order valence-corrected chi connectivity index (χ0v) is 20.4. The molecule has 2 aromatic heterocycles. The molecule has 0 radical (unpaired) electrons. The Hall–Kier alpha value is -2.06. The summed E-state index contributed by atoms with van der Waals surface area (Å²) in [5.41, 5.74) is 1.09. The number of nitrogens with one attached hydrogen (secondary N) is 1. The molecule has 14 heteroatoms. The van der Waals surface area contributed by atoms with Crippen molar-refractivity contribution in [1.82, 2.24) is 15.0 Å².